The number of methoxy groups -OCH3 is 1. The molecule has 6 rings (SSSR count). The van der Waals surface area contributed by atoms with Crippen LogP contribution in [0.2, 0.25) is 0 Å². The number of hydrogen-bond donors (Lipinski definition) is 3. The minimum absolute atomic E-state index is 0.0172. The minimum Gasteiger partial charge on any atom is -0.466 e. The van der Waals surface area contributed by atoms with E-state index in [0.717, 1.165) is 11.8 Å². The van der Waals surface area contributed by atoms with Gasteiger partial charge in [0.15, 0.2) is 0 Å². The molecule has 4 aliphatic carbocycles. The molecule has 3 amide bonds. The summed E-state index contributed by atoms with van der Waals surface area (Å²) in [5.41, 5.74) is -0.404. The zero-order valence-corrected chi connectivity index (χ0v) is 23.8. The lowest BCUT2D eigenvalue weighted by atomic mass is 9.54. The lowest BCUT2D eigenvalue weighted by molar-refractivity contribution is -0.134. The Labute approximate surface area is 243 Å². The first kappa shape index (κ1) is 29.2. The average Bonchev–Trinajstić information content (AvgIpc) is 3.39. The normalized spacial score (nSPS) is 24.8. The summed E-state index contributed by atoms with van der Waals surface area (Å²) in [6, 6.07) is 2.15. The molecule has 4 fully saturated rings. The number of rotatable bonds is 11. The number of nitrogens with zero attached hydrogens (tertiary/aromatic N) is 4. The monoisotopic (exact) mass is 579 g/mol. The number of aromatic nitrogens is 4. The number of hydrogen-bond acceptors (Lipinski definition) is 8. The van der Waals surface area contributed by atoms with Gasteiger partial charge in [-0.3, -0.25) is 19.2 Å². The van der Waals surface area contributed by atoms with Crippen LogP contribution in [0.4, 0.5) is 5.69 Å². The van der Waals surface area contributed by atoms with Crippen molar-refractivity contribution in [1.82, 2.24) is 30.2 Å². The van der Waals surface area contributed by atoms with Gasteiger partial charge in [-0.05, 0) is 80.8 Å². The van der Waals surface area contributed by atoms with Gasteiger partial charge in [0.25, 0.3) is 11.5 Å². The van der Waals surface area contributed by atoms with Crippen molar-refractivity contribution in [3.8, 4) is 0 Å². The largest absolute Gasteiger partial charge is 0.466 e. The Balaban J connectivity index is 1.23. The van der Waals surface area contributed by atoms with E-state index in [0.29, 0.717) is 11.8 Å². The lowest BCUT2D eigenvalue weighted by Crippen LogP contribution is -2.56. The lowest BCUT2D eigenvalue weighted by Gasteiger charge is -2.54. The predicted molar refractivity (Wildman–Crippen MR) is 151 cm³/mol. The summed E-state index contributed by atoms with van der Waals surface area (Å²) in [6.45, 7) is -0.155. The van der Waals surface area contributed by atoms with E-state index in [1.807, 2.05) is 0 Å². The van der Waals surface area contributed by atoms with Gasteiger partial charge in [-0.25, -0.2) is 9.48 Å². The molecule has 0 saturated heterocycles. The summed E-state index contributed by atoms with van der Waals surface area (Å²) in [6.07, 6.45) is 12.0. The standard InChI is InChI=1S/C29H37N7O6/c1-35-23(15-30-34-35)28(40)31-21(6-3-4-8-25(38)42-2)27(39)32-22-7-5-9-36(29(22)41)16-24(37)33-26-19-11-17-10-18(13-19)14-20(26)12-17/h4-5,7-9,15,17-21,26H,3,6,10-14,16H2,1-2H3,(H,31,40)(H,32,39)(H,33,37)/b8-4+. The Kier molecular flexibility index (Phi) is 8.83. The summed E-state index contributed by atoms with van der Waals surface area (Å²) >= 11 is 0. The number of amides is 3. The summed E-state index contributed by atoms with van der Waals surface area (Å²) in [7, 11) is 2.80. The van der Waals surface area contributed by atoms with Crippen LogP contribution >= 0.6 is 0 Å². The van der Waals surface area contributed by atoms with Gasteiger partial charge in [-0.2, -0.15) is 0 Å². The fourth-order valence-electron chi connectivity index (χ4n) is 7.03. The van der Waals surface area contributed by atoms with Crippen molar-refractivity contribution in [2.24, 2.45) is 30.7 Å². The molecular formula is C29H37N7O6. The Hall–Kier alpha value is -4.29. The molecule has 0 radical (unpaired) electrons. The molecule has 0 aromatic carbocycles. The van der Waals surface area contributed by atoms with Gasteiger partial charge >= 0.3 is 5.97 Å². The maximum Gasteiger partial charge on any atom is 0.330 e. The van der Waals surface area contributed by atoms with Gasteiger partial charge in [-0.1, -0.05) is 11.3 Å². The van der Waals surface area contributed by atoms with E-state index in [1.165, 1.54) is 79.1 Å². The summed E-state index contributed by atoms with van der Waals surface area (Å²) < 4.78 is 7.11. The van der Waals surface area contributed by atoms with Crippen LogP contribution in [0.1, 0.15) is 55.4 Å². The molecule has 13 heteroatoms. The number of carbonyl (C=O) groups is 4. The van der Waals surface area contributed by atoms with Crippen LogP contribution in [-0.2, 0) is 32.7 Å². The summed E-state index contributed by atoms with van der Waals surface area (Å²) in [4.78, 5) is 63.7. The van der Waals surface area contributed by atoms with Crippen LogP contribution in [0.3, 0.4) is 0 Å². The molecule has 4 aliphatic rings. The first-order valence-electron chi connectivity index (χ1n) is 14.4. The molecule has 2 aromatic heterocycles. The quantitative estimate of drug-likeness (QED) is 0.263. The van der Waals surface area contributed by atoms with E-state index in [2.05, 4.69) is 31.0 Å². The molecule has 0 spiro atoms. The Bertz CT molecular complexity index is 1400. The summed E-state index contributed by atoms with van der Waals surface area (Å²) in [5.74, 6) is 0.658. The van der Waals surface area contributed by atoms with Crippen molar-refractivity contribution in [3.05, 3.63) is 52.7 Å². The van der Waals surface area contributed by atoms with Crippen molar-refractivity contribution >= 4 is 29.4 Å². The zero-order valence-electron chi connectivity index (χ0n) is 23.8. The van der Waals surface area contributed by atoms with Crippen LogP contribution in [-0.4, -0.2) is 62.4 Å². The number of aryl methyl sites for hydroxylation is 1. The highest BCUT2D eigenvalue weighted by molar-refractivity contribution is 6.00. The van der Waals surface area contributed by atoms with Gasteiger partial charge in [-0.15, -0.1) is 5.10 Å². The van der Waals surface area contributed by atoms with Gasteiger partial charge in [0.05, 0.1) is 13.3 Å². The van der Waals surface area contributed by atoms with Crippen LogP contribution < -0.4 is 21.5 Å². The number of pyridine rings is 1. The molecule has 4 bridgehead atoms. The van der Waals surface area contributed by atoms with E-state index in [4.69, 9.17) is 0 Å². The van der Waals surface area contributed by atoms with Crippen molar-refractivity contribution in [1.29, 1.82) is 0 Å². The fraction of sp³-hybridized carbons (Fsp3) is 0.552. The van der Waals surface area contributed by atoms with Gasteiger partial charge in [0.1, 0.15) is 24.0 Å². The average molecular weight is 580 g/mol. The van der Waals surface area contributed by atoms with E-state index < -0.39 is 29.4 Å². The molecule has 13 nitrogen and oxygen atoms in total. The second kappa shape index (κ2) is 12.7. The third-order valence-electron chi connectivity index (χ3n) is 8.79. The van der Waals surface area contributed by atoms with Gasteiger partial charge < -0.3 is 25.3 Å². The number of allylic oxidation sites excluding steroid dienone is 1. The number of ether oxygens (including phenoxy) is 1. The van der Waals surface area contributed by atoms with Crippen molar-refractivity contribution in [2.75, 3.05) is 12.4 Å². The predicted octanol–water partition coefficient (Wildman–Crippen LogP) is 1.16. The third kappa shape index (κ3) is 6.60. The first-order valence-corrected chi connectivity index (χ1v) is 14.4. The van der Waals surface area contributed by atoms with Crippen LogP contribution in [0.25, 0.3) is 0 Å². The second-order valence-electron chi connectivity index (χ2n) is 11.6. The van der Waals surface area contributed by atoms with Gasteiger partial charge in [0, 0.05) is 25.4 Å². The topological polar surface area (TPSA) is 166 Å². The molecule has 42 heavy (non-hydrogen) atoms. The number of anilines is 1. The van der Waals surface area contributed by atoms with Crippen molar-refractivity contribution in [2.45, 2.75) is 63.6 Å². The number of nitrogens with one attached hydrogen (secondary N) is 3. The second-order valence-corrected chi connectivity index (χ2v) is 11.6. The first-order chi connectivity index (χ1) is 20.2. The van der Waals surface area contributed by atoms with Crippen LogP contribution in [0.5, 0.6) is 0 Å². The Morgan fingerprint density at radius 2 is 1.83 bits per heavy atom. The number of esters is 1. The molecule has 1 unspecified atom stereocenters. The van der Waals surface area contributed by atoms with E-state index in [1.54, 1.807) is 13.1 Å². The number of carbonyl (C=O) groups excluding carboxylic acids is 4. The zero-order chi connectivity index (χ0) is 29.8. The van der Waals surface area contributed by atoms with E-state index in [9.17, 15) is 24.0 Å². The SMILES string of the molecule is COC(=O)/C=C/CCC(NC(=O)c1cnnn1C)C(=O)Nc1cccn(CC(=O)NC2C3CC4CC(C3)CC2C4)c1=O. The smallest absolute Gasteiger partial charge is 0.330 e. The van der Waals surface area contributed by atoms with E-state index >= 15 is 0 Å². The molecule has 1 atom stereocenters. The van der Waals surface area contributed by atoms with Crippen LogP contribution in [0.15, 0.2) is 41.5 Å². The fourth-order valence-corrected chi connectivity index (χ4v) is 7.03. The maximum absolute atomic E-state index is 13.3. The maximum atomic E-state index is 13.3. The molecule has 0 aliphatic heterocycles. The highest BCUT2D eigenvalue weighted by atomic mass is 16.5. The molecule has 224 valence electrons. The molecule has 4 saturated carbocycles. The van der Waals surface area contributed by atoms with Gasteiger partial charge in [0.2, 0.25) is 11.8 Å². The molecule has 3 N–H and O–H groups in total. The molecule has 2 aromatic rings. The Morgan fingerprint density at radius 1 is 1.12 bits per heavy atom. The minimum atomic E-state index is -1.05. The highest BCUT2D eigenvalue weighted by Gasteiger charge is 2.48. The Morgan fingerprint density at radius 3 is 2.48 bits per heavy atom. The summed E-state index contributed by atoms with van der Waals surface area (Å²) in [5, 5.41) is 15.9. The van der Waals surface area contributed by atoms with E-state index in [-0.39, 0.29) is 42.7 Å². The van der Waals surface area contributed by atoms with Crippen LogP contribution in [0, 0.1) is 23.7 Å². The highest BCUT2D eigenvalue weighted by Crippen LogP contribution is 2.53. The van der Waals surface area contributed by atoms with Crippen molar-refractivity contribution < 1.29 is 23.9 Å². The van der Waals surface area contributed by atoms with Crippen molar-refractivity contribution in [3.63, 3.8) is 0 Å². The molecule has 2 heterocycles. The third-order valence-corrected chi connectivity index (χ3v) is 8.79. The molecular weight excluding hydrogens is 542 g/mol.